The van der Waals surface area contributed by atoms with E-state index in [4.69, 9.17) is 14.5 Å². The maximum Gasteiger partial charge on any atom is 0.408 e. The van der Waals surface area contributed by atoms with Crippen LogP contribution in [0.3, 0.4) is 0 Å². The molecule has 6 aliphatic rings. The molecule has 5 fully saturated rings. The Bertz CT molecular complexity index is 2160. The highest BCUT2D eigenvalue weighted by atomic mass is 32.2. The maximum atomic E-state index is 14.7. The predicted molar refractivity (Wildman–Crippen MR) is 205 cm³/mol. The Kier molecular flexibility index (Phi) is 10.6. The van der Waals surface area contributed by atoms with Crippen molar-refractivity contribution in [3.63, 3.8) is 0 Å². The van der Waals surface area contributed by atoms with Crippen molar-refractivity contribution >= 4 is 44.6 Å². The number of amides is 3. The highest BCUT2D eigenvalue weighted by molar-refractivity contribution is 7.91. The Balaban J connectivity index is 1.10. The number of alkyl carbamates (subject to hydrolysis) is 1. The van der Waals surface area contributed by atoms with Gasteiger partial charge in [0.05, 0.1) is 35.3 Å². The smallest absolute Gasteiger partial charge is 0.408 e. The Morgan fingerprint density at radius 3 is 2.48 bits per heavy atom. The lowest BCUT2D eigenvalue weighted by Gasteiger charge is -2.35. The molecule has 1 aromatic carbocycles. The highest BCUT2D eigenvalue weighted by Crippen LogP contribution is 2.57. The maximum absolute atomic E-state index is 14.7. The number of hydrogen-bond donors (Lipinski definition) is 3. The number of hydrogen-bond acceptors (Lipinski definition) is 11. The molecule has 2 aromatic rings. The van der Waals surface area contributed by atoms with Crippen molar-refractivity contribution in [1.82, 2.24) is 29.8 Å². The largest absolute Gasteiger partial charge is 0.459 e. The average molecular weight is 831 g/mol. The standard InChI is InChI=1S/C40H52F2N6O9S/c1-39(2,3)32-35(51)48-20-22(17-29(48)30(49)19-43-40(18-27(40)33(41)42)36(52)46-58(54,55)23-12-13-23)56-37-44-28-11-7-6-10-25(28)34(50)47(37)14-8-4-5-9-24-26-15-21(26)16-31(24)57-38(53)45-32/h6-7,10-11,21-24,26-27,29,31-33,43H,4-5,8-9,12-20H2,1-3H3,(H,45,53)(H,46,52)/t21?,22-,24-,26+,27+,29+,31-,32-,40-/m1/s1. The van der Waals surface area contributed by atoms with Gasteiger partial charge in [0.2, 0.25) is 22.4 Å². The molecule has 18 heteroatoms. The molecule has 4 aliphatic carbocycles. The number of alkyl halides is 2. The number of nitrogens with zero attached hydrogens (tertiary/aromatic N) is 3. The monoisotopic (exact) mass is 830 g/mol. The molecule has 0 radical (unpaired) electrons. The van der Waals surface area contributed by atoms with Crippen molar-refractivity contribution in [3.8, 4) is 6.01 Å². The van der Waals surface area contributed by atoms with Gasteiger partial charge < -0.3 is 19.7 Å². The first-order valence-electron chi connectivity index (χ1n) is 20.5. The number of benzene rings is 1. The molecule has 316 valence electrons. The third-order valence-electron chi connectivity index (χ3n) is 13.1. The molecular formula is C40H52F2N6O9S. The molecule has 8 rings (SSSR count). The van der Waals surface area contributed by atoms with Crippen LogP contribution in [0.1, 0.15) is 85.0 Å². The van der Waals surface area contributed by atoms with Crippen LogP contribution in [0.5, 0.6) is 6.01 Å². The summed E-state index contributed by atoms with van der Waals surface area (Å²) < 4.78 is 69.2. The number of sulfonamides is 1. The predicted octanol–water partition coefficient (Wildman–Crippen LogP) is 3.28. The molecule has 58 heavy (non-hydrogen) atoms. The normalized spacial score (nSPS) is 32.8. The minimum absolute atomic E-state index is 0.0319. The van der Waals surface area contributed by atoms with Gasteiger partial charge in [0.1, 0.15) is 23.8 Å². The molecule has 2 aliphatic heterocycles. The van der Waals surface area contributed by atoms with E-state index < -0.39 is 93.4 Å². The third-order valence-corrected chi connectivity index (χ3v) is 14.9. The van der Waals surface area contributed by atoms with Crippen LogP contribution < -0.4 is 25.7 Å². The van der Waals surface area contributed by atoms with Gasteiger partial charge in [-0.05, 0) is 80.2 Å². The van der Waals surface area contributed by atoms with Gasteiger partial charge in [-0.3, -0.25) is 33.8 Å². The number of ether oxygens (including phenoxy) is 2. The van der Waals surface area contributed by atoms with Crippen LogP contribution in [0.4, 0.5) is 13.6 Å². The first kappa shape index (κ1) is 40.6. The first-order valence-corrected chi connectivity index (χ1v) is 22.1. The van der Waals surface area contributed by atoms with Crippen molar-refractivity contribution < 1.29 is 45.9 Å². The lowest BCUT2D eigenvalue weighted by Crippen LogP contribution is -2.58. The van der Waals surface area contributed by atoms with Crippen molar-refractivity contribution in [1.29, 1.82) is 0 Å². The molecule has 15 nitrogen and oxygen atoms in total. The van der Waals surface area contributed by atoms with Gasteiger partial charge in [-0.2, -0.15) is 4.98 Å². The number of ketones is 1. The SMILES string of the molecule is CC(C)(C)[C@@H]1NC(=O)O[C@@H]2CC3C[C@@H]3[C@H]2CCCCCn2c(nc3ccccc3c2=O)O[C@@H]2C[C@@H](C(=O)CN[C@]3(C(=O)NS(=O)(=O)C4CC4)C[C@H]3C(F)F)N(C2)C1=O. The van der Waals surface area contributed by atoms with Crippen LogP contribution in [0, 0.1) is 29.1 Å². The average Bonchev–Trinajstić information content (AvgIpc) is 4.09. The number of halogens is 2. The van der Waals surface area contributed by atoms with Gasteiger partial charge in [-0.15, -0.1) is 0 Å². The van der Waals surface area contributed by atoms with Crippen LogP contribution in [0.15, 0.2) is 29.1 Å². The van der Waals surface area contributed by atoms with Crippen molar-refractivity contribution in [3.05, 3.63) is 34.6 Å². The molecule has 1 unspecified atom stereocenters. The summed E-state index contributed by atoms with van der Waals surface area (Å²) in [5.41, 5.74) is -2.76. The minimum atomic E-state index is -4.07. The summed E-state index contributed by atoms with van der Waals surface area (Å²) in [6.07, 6.45) is 0.397. The summed E-state index contributed by atoms with van der Waals surface area (Å²) in [5.74, 6) is -2.77. The molecule has 0 spiro atoms. The molecule has 2 bridgehead atoms. The lowest BCUT2D eigenvalue weighted by atomic mass is 9.85. The number of Topliss-reactive ketones (excluding diaryl/α,β-unsaturated/α-hetero) is 1. The summed E-state index contributed by atoms with van der Waals surface area (Å²) in [6, 6.07) is 4.55. The van der Waals surface area contributed by atoms with E-state index in [2.05, 4.69) is 10.6 Å². The van der Waals surface area contributed by atoms with E-state index in [9.17, 15) is 41.2 Å². The van der Waals surface area contributed by atoms with Gasteiger partial charge in [-0.25, -0.2) is 22.0 Å². The number of carbonyl (C=O) groups excluding carboxylic acids is 4. The van der Waals surface area contributed by atoms with Gasteiger partial charge in [-0.1, -0.05) is 45.7 Å². The molecule has 3 heterocycles. The Morgan fingerprint density at radius 1 is 1.02 bits per heavy atom. The van der Waals surface area contributed by atoms with Crippen LogP contribution in [-0.2, 0) is 35.7 Å². The van der Waals surface area contributed by atoms with Crippen molar-refractivity contribution in [2.45, 2.75) is 133 Å². The zero-order valence-corrected chi connectivity index (χ0v) is 33.8. The van der Waals surface area contributed by atoms with E-state index in [1.165, 1.54) is 9.47 Å². The van der Waals surface area contributed by atoms with Gasteiger partial charge in [0.15, 0.2) is 5.78 Å². The number of carbonyl (C=O) groups is 4. The Hall–Kier alpha value is -4.19. The summed E-state index contributed by atoms with van der Waals surface area (Å²) in [7, 11) is -4.07. The van der Waals surface area contributed by atoms with E-state index in [1.807, 2.05) is 4.72 Å². The van der Waals surface area contributed by atoms with Gasteiger partial charge in [0, 0.05) is 18.9 Å². The van der Waals surface area contributed by atoms with E-state index in [0.717, 1.165) is 32.1 Å². The topological polar surface area (TPSA) is 195 Å². The minimum Gasteiger partial charge on any atom is -0.459 e. The summed E-state index contributed by atoms with van der Waals surface area (Å²) in [4.78, 5) is 75.6. The fourth-order valence-electron chi connectivity index (χ4n) is 9.48. The first-order chi connectivity index (χ1) is 27.5. The quantitative estimate of drug-likeness (QED) is 0.354. The third kappa shape index (κ3) is 7.94. The van der Waals surface area contributed by atoms with Crippen molar-refractivity contribution in [2.24, 2.45) is 29.1 Å². The van der Waals surface area contributed by atoms with E-state index in [0.29, 0.717) is 48.5 Å². The molecule has 3 amide bonds. The molecule has 9 atom stereocenters. The molecule has 3 N–H and O–H groups in total. The van der Waals surface area contributed by atoms with Gasteiger partial charge in [0.25, 0.3) is 17.5 Å². The number of rotatable bonds is 8. The lowest BCUT2D eigenvalue weighted by molar-refractivity contribution is -0.141. The number of nitrogens with one attached hydrogen (secondary N) is 3. The van der Waals surface area contributed by atoms with Crippen LogP contribution in [0.2, 0.25) is 0 Å². The van der Waals surface area contributed by atoms with E-state index >= 15 is 0 Å². The van der Waals surface area contributed by atoms with Crippen LogP contribution in [0.25, 0.3) is 10.9 Å². The van der Waals surface area contributed by atoms with Crippen molar-refractivity contribution in [2.75, 3.05) is 13.1 Å². The summed E-state index contributed by atoms with van der Waals surface area (Å²) in [5, 5.41) is 5.10. The highest BCUT2D eigenvalue weighted by Gasteiger charge is 2.65. The van der Waals surface area contributed by atoms with Crippen LogP contribution in [-0.4, -0.2) is 101 Å². The Labute approximate surface area is 335 Å². The molecule has 4 saturated carbocycles. The summed E-state index contributed by atoms with van der Waals surface area (Å²) in [6.45, 7) is 4.81. The zero-order chi connectivity index (χ0) is 41.3. The molecule has 1 saturated heterocycles. The Morgan fingerprint density at radius 2 is 1.78 bits per heavy atom. The van der Waals surface area contributed by atoms with E-state index in [-0.39, 0.29) is 36.6 Å². The fourth-order valence-corrected chi connectivity index (χ4v) is 10.8. The second kappa shape index (κ2) is 15.1. The number of para-hydroxylation sites is 1. The van der Waals surface area contributed by atoms with Gasteiger partial charge >= 0.3 is 6.09 Å². The molecular weight excluding hydrogens is 779 g/mol. The van der Waals surface area contributed by atoms with Crippen LogP contribution >= 0.6 is 0 Å². The zero-order valence-electron chi connectivity index (χ0n) is 33.0. The second-order valence-corrected chi connectivity index (χ2v) is 20.2. The number of fused-ring (bicyclic) bond motifs is 7. The second-order valence-electron chi connectivity index (χ2n) is 18.3. The fraction of sp³-hybridized carbons (Fsp3) is 0.700. The number of aromatic nitrogens is 2. The summed E-state index contributed by atoms with van der Waals surface area (Å²) >= 11 is 0. The molecule has 1 aromatic heterocycles. The van der Waals surface area contributed by atoms with E-state index in [1.54, 1.807) is 45.0 Å².